The zero-order valence-corrected chi connectivity index (χ0v) is 20.4. The monoisotopic (exact) mass is 472 g/mol. The molecule has 0 aliphatic heterocycles. The first-order chi connectivity index (χ1) is 13.3. The lowest BCUT2D eigenvalue weighted by atomic mass is 10.2. The Labute approximate surface area is 186 Å². The Morgan fingerprint density at radius 2 is 0.893 bits per heavy atom. The van der Waals surface area contributed by atoms with Gasteiger partial charge in [0.25, 0.3) is 0 Å². The fourth-order valence-corrected chi connectivity index (χ4v) is 3.89. The highest BCUT2D eigenvalue weighted by Gasteiger charge is 2.33. The molecule has 0 saturated carbocycles. The lowest BCUT2D eigenvalue weighted by molar-refractivity contribution is -0.141. The molecule has 3 unspecified atom stereocenters. The summed E-state index contributed by atoms with van der Waals surface area (Å²) in [5, 5.41) is -2.04. The lowest BCUT2D eigenvalue weighted by Gasteiger charge is -2.19. The van der Waals surface area contributed by atoms with E-state index in [2.05, 4.69) is 37.9 Å². The minimum atomic E-state index is -2.52. The topological polar surface area (TPSA) is 78.9 Å². The summed E-state index contributed by atoms with van der Waals surface area (Å²) in [6.45, 7) is 5.98. The smallest absolute Gasteiger partial charge is 0.374 e. The third-order valence-electron chi connectivity index (χ3n) is 3.80. The molecule has 0 fully saturated rings. The van der Waals surface area contributed by atoms with E-state index in [1.165, 1.54) is 0 Å². The van der Waals surface area contributed by atoms with Gasteiger partial charge in [0.15, 0.2) is 0 Å². The van der Waals surface area contributed by atoms with Crippen LogP contribution in [0.25, 0.3) is 0 Å². The number of rotatable bonds is 15. The molecule has 0 aliphatic rings. The molecular weight excluding hydrogens is 439 g/mol. The third kappa shape index (κ3) is 12.5. The maximum Gasteiger partial charge on any atom is 0.537 e. The van der Waals surface area contributed by atoms with E-state index in [-0.39, 0.29) is 0 Å². The number of hydrogen-bond acceptors (Lipinski definition) is 9. The largest absolute Gasteiger partial charge is 0.537 e. The molecule has 0 rings (SSSR count). The molecule has 0 bridgehead atoms. The van der Waals surface area contributed by atoms with Crippen molar-refractivity contribution in [3.05, 3.63) is 0 Å². The molecule has 28 heavy (non-hydrogen) atoms. The summed E-state index contributed by atoms with van der Waals surface area (Å²) in [7, 11) is -2.52. The van der Waals surface area contributed by atoms with Crippen LogP contribution in [0.1, 0.15) is 78.6 Å². The Balaban J connectivity index is 4.96. The minimum absolute atomic E-state index is 0.515. The zero-order chi connectivity index (χ0) is 21.5. The molecular formula is C18H33O6PS3. The Hall–Kier alpha value is -0.110. The molecule has 10 heteroatoms. The summed E-state index contributed by atoms with van der Waals surface area (Å²) in [6, 6.07) is 0. The summed E-state index contributed by atoms with van der Waals surface area (Å²) < 4.78 is 15.5. The van der Waals surface area contributed by atoms with E-state index in [9.17, 15) is 14.4 Å². The molecule has 6 nitrogen and oxygen atoms in total. The van der Waals surface area contributed by atoms with Gasteiger partial charge in [0.2, 0.25) is 0 Å². The van der Waals surface area contributed by atoms with Crippen molar-refractivity contribution in [3.8, 4) is 0 Å². The molecule has 3 atom stereocenters. The predicted molar refractivity (Wildman–Crippen MR) is 122 cm³/mol. The van der Waals surface area contributed by atoms with Crippen LogP contribution in [-0.4, -0.2) is 33.7 Å². The second kappa shape index (κ2) is 16.7. The van der Waals surface area contributed by atoms with Crippen molar-refractivity contribution < 1.29 is 28.0 Å². The van der Waals surface area contributed by atoms with Gasteiger partial charge in [-0.3, -0.25) is 14.4 Å². The molecule has 0 spiro atoms. The van der Waals surface area contributed by atoms with Crippen molar-refractivity contribution >= 4 is 64.4 Å². The van der Waals surface area contributed by atoms with Crippen molar-refractivity contribution in [1.29, 1.82) is 0 Å². The van der Waals surface area contributed by atoms with Crippen LogP contribution < -0.4 is 0 Å². The fourth-order valence-electron chi connectivity index (χ4n) is 2.00. The first kappa shape index (κ1) is 27.9. The van der Waals surface area contributed by atoms with Gasteiger partial charge in [-0.2, -0.15) is 37.9 Å². The first-order valence-electron chi connectivity index (χ1n) is 9.76. The van der Waals surface area contributed by atoms with E-state index in [1.807, 2.05) is 20.8 Å². The molecule has 0 radical (unpaired) electrons. The second-order valence-corrected chi connectivity index (χ2v) is 9.29. The third-order valence-corrected chi connectivity index (χ3v) is 6.20. The van der Waals surface area contributed by atoms with Gasteiger partial charge in [0.05, 0.1) is 15.7 Å². The predicted octanol–water partition coefficient (Wildman–Crippen LogP) is 5.31. The van der Waals surface area contributed by atoms with Crippen molar-refractivity contribution in [2.24, 2.45) is 0 Å². The summed E-state index contributed by atoms with van der Waals surface area (Å²) >= 11 is 12.6. The van der Waals surface area contributed by atoms with Gasteiger partial charge in [-0.05, 0) is 19.3 Å². The van der Waals surface area contributed by atoms with E-state index in [0.717, 1.165) is 38.5 Å². The van der Waals surface area contributed by atoms with Crippen LogP contribution in [0.5, 0.6) is 0 Å². The molecule has 164 valence electrons. The Bertz CT molecular complexity index is 414. The summed E-state index contributed by atoms with van der Waals surface area (Å²) in [5.74, 6) is -2.05. The highest BCUT2D eigenvalue weighted by atomic mass is 32.1. The zero-order valence-electron chi connectivity index (χ0n) is 16.8. The van der Waals surface area contributed by atoms with E-state index in [4.69, 9.17) is 13.6 Å². The first-order valence-corrected chi connectivity index (χ1v) is 12.4. The molecule has 0 heterocycles. The fraction of sp³-hybridized carbons (Fsp3) is 0.833. The van der Waals surface area contributed by atoms with E-state index in [0.29, 0.717) is 19.3 Å². The highest BCUT2D eigenvalue weighted by molar-refractivity contribution is 7.82. The van der Waals surface area contributed by atoms with Gasteiger partial charge < -0.3 is 13.6 Å². The number of carbonyl (C=O) groups excluding carboxylic acids is 3. The molecule has 0 aromatic heterocycles. The van der Waals surface area contributed by atoms with E-state index >= 15 is 0 Å². The highest BCUT2D eigenvalue weighted by Crippen LogP contribution is 2.42. The Morgan fingerprint density at radius 3 is 1.11 bits per heavy atom. The van der Waals surface area contributed by atoms with Crippen LogP contribution in [-0.2, 0) is 28.0 Å². The molecule has 0 N–H and O–H groups in total. The maximum atomic E-state index is 12.2. The number of thiol groups is 3. The SMILES string of the molecule is CCCCC(S)C(=O)OP(OC(=O)C(S)CCCC)OC(=O)C(S)CCCC. The van der Waals surface area contributed by atoms with Gasteiger partial charge in [0.1, 0.15) is 0 Å². The van der Waals surface area contributed by atoms with Crippen LogP contribution in [0, 0.1) is 0 Å². The Kier molecular flexibility index (Phi) is 16.6. The van der Waals surface area contributed by atoms with Crippen molar-refractivity contribution in [3.63, 3.8) is 0 Å². The number of hydrogen-bond donors (Lipinski definition) is 3. The van der Waals surface area contributed by atoms with Crippen LogP contribution >= 0.6 is 46.5 Å². The lowest BCUT2D eigenvalue weighted by Crippen LogP contribution is -2.23. The average Bonchev–Trinajstić information content (AvgIpc) is 2.67. The normalized spacial score (nSPS) is 15.2. The molecule has 0 aromatic rings. The summed E-state index contributed by atoms with van der Waals surface area (Å²) in [4.78, 5) is 36.6. The molecule has 0 aromatic carbocycles. The number of unbranched alkanes of at least 4 members (excludes halogenated alkanes) is 3. The van der Waals surface area contributed by atoms with Crippen LogP contribution in [0.3, 0.4) is 0 Å². The Morgan fingerprint density at radius 1 is 0.643 bits per heavy atom. The van der Waals surface area contributed by atoms with Gasteiger partial charge >= 0.3 is 26.5 Å². The molecule has 0 amide bonds. The van der Waals surface area contributed by atoms with Crippen molar-refractivity contribution in [2.75, 3.05) is 0 Å². The van der Waals surface area contributed by atoms with Gasteiger partial charge in [-0.25, -0.2) is 0 Å². The van der Waals surface area contributed by atoms with E-state index < -0.39 is 42.3 Å². The average molecular weight is 473 g/mol. The minimum Gasteiger partial charge on any atom is -0.374 e. The summed E-state index contributed by atoms with van der Waals surface area (Å²) in [6.07, 6.45) is 6.65. The standard InChI is InChI=1S/C18H33O6PS3/c1-4-7-10-13(26)16(19)22-25(23-17(20)14(27)11-8-5-2)24-18(21)15(28)12-9-6-3/h13-15,26-28H,4-12H2,1-3H3. The van der Waals surface area contributed by atoms with Crippen LogP contribution in [0.15, 0.2) is 0 Å². The number of carbonyl (C=O) groups is 3. The van der Waals surface area contributed by atoms with Crippen molar-refractivity contribution in [2.45, 2.75) is 94.3 Å². The van der Waals surface area contributed by atoms with Crippen molar-refractivity contribution in [1.82, 2.24) is 0 Å². The van der Waals surface area contributed by atoms with Gasteiger partial charge in [-0.15, -0.1) is 0 Å². The van der Waals surface area contributed by atoms with Crippen LogP contribution in [0.2, 0.25) is 0 Å². The van der Waals surface area contributed by atoms with E-state index in [1.54, 1.807) is 0 Å². The quantitative estimate of drug-likeness (QED) is 0.221. The van der Waals surface area contributed by atoms with Crippen LogP contribution in [0.4, 0.5) is 0 Å². The molecule has 0 saturated heterocycles. The van der Waals surface area contributed by atoms with Gasteiger partial charge in [0, 0.05) is 0 Å². The molecule has 0 aliphatic carbocycles. The second-order valence-electron chi connectivity index (χ2n) is 6.43. The van der Waals surface area contributed by atoms with Gasteiger partial charge in [-0.1, -0.05) is 59.3 Å². The summed E-state index contributed by atoms with van der Waals surface area (Å²) in [5.41, 5.74) is 0. The maximum absolute atomic E-state index is 12.2.